The number of benzene rings is 2. The average Bonchev–Trinajstić information content (AvgIpc) is 3.23. The number of H-pyrrole nitrogens is 1. The van der Waals surface area contributed by atoms with Gasteiger partial charge in [0, 0.05) is 48.6 Å². The van der Waals surface area contributed by atoms with E-state index < -0.39 is 0 Å². The third-order valence-electron chi connectivity index (χ3n) is 4.84. The standard InChI is InChI=1S/C20H21ClN6O2/c1-29-17-4-2-3-16(13-17)26-9-11-27(12-10-26)20(28)18-19(24-25-23-18)22-15-7-5-14(21)6-8-15/h2-8,13H,9-12H2,1H3,(H2,22,23,24,25). The van der Waals surface area contributed by atoms with E-state index in [9.17, 15) is 4.79 Å². The van der Waals surface area contributed by atoms with Crippen molar-refractivity contribution in [3.05, 3.63) is 59.2 Å². The largest absolute Gasteiger partial charge is 0.497 e. The number of ether oxygens (including phenoxy) is 1. The maximum atomic E-state index is 13.0. The van der Waals surface area contributed by atoms with Gasteiger partial charge in [-0.2, -0.15) is 5.21 Å². The lowest BCUT2D eigenvalue weighted by molar-refractivity contribution is 0.0742. The molecule has 0 bridgehead atoms. The molecule has 2 N–H and O–H groups in total. The first-order valence-electron chi connectivity index (χ1n) is 9.25. The third kappa shape index (κ3) is 4.27. The molecular weight excluding hydrogens is 392 g/mol. The van der Waals surface area contributed by atoms with E-state index in [4.69, 9.17) is 16.3 Å². The number of methoxy groups -OCH3 is 1. The van der Waals surface area contributed by atoms with Gasteiger partial charge in [-0.05, 0) is 36.4 Å². The zero-order valence-electron chi connectivity index (χ0n) is 15.9. The van der Waals surface area contributed by atoms with Crippen molar-refractivity contribution in [3.63, 3.8) is 0 Å². The summed E-state index contributed by atoms with van der Waals surface area (Å²) in [5, 5.41) is 14.4. The summed E-state index contributed by atoms with van der Waals surface area (Å²) in [5.74, 6) is 1.06. The molecule has 0 aliphatic carbocycles. The van der Waals surface area contributed by atoms with Gasteiger partial charge in [0.05, 0.1) is 7.11 Å². The lowest BCUT2D eigenvalue weighted by atomic mass is 10.2. The molecule has 9 heteroatoms. The second-order valence-corrected chi connectivity index (χ2v) is 7.07. The summed E-state index contributed by atoms with van der Waals surface area (Å²) in [6, 6.07) is 15.1. The summed E-state index contributed by atoms with van der Waals surface area (Å²) in [5.41, 5.74) is 2.14. The van der Waals surface area contributed by atoms with E-state index in [1.165, 1.54) is 0 Å². The lowest BCUT2D eigenvalue weighted by Gasteiger charge is -2.36. The highest BCUT2D eigenvalue weighted by molar-refractivity contribution is 6.30. The van der Waals surface area contributed by atoms with Crippen molar-refractivity contribution in [2.45, 2.75) is 0 Å². The molecule has 8 nitrogen and oxygen atoms in total. The van der Waals surface area contributed by atoms with Crippen molar-refractivity contribution < 1.29 is 9.53 Å². The minimum Gasteiger partial charge on any atom is -0.497 e. The van der Waals surface area contributed by atoms with Crippen LogP contribution in [0.4, 0.5) is 17.2 Å². The van der Waals surface area contributed by atoms with Crippen molar-refractivity contribution in [3.8, 4) is 5.75 Å². The van der Waals surface area contributed by atoms with Gasteiger partial charge in [0.15, 0.2) is 11.5 Å². The Bertz CT molecular complexity index is 983. The minimum absolute atomic E-state index is 0.152. The predicted octanol–water partition coefficient (Wildman–Crippen LogP) is 3.17. The number of amides is 1. The molecule has 0 saturated carbocycles. The molecular formula is C20H21ClN6O2. The Morgan fingerprint density at radius 1 is 1.10 bits per heavy atom. The molecule has 1 aliphatic heterocycles. The number of rotatable bonds is 5. The number of hydrogen-bond acceptors (Lipinski definition) is 6. The number of nitrogens with one attached hydrogen (secondary N) is 2. The minimum atomic E-state index is -0.152. The van der Waals surface area contributed by atoms with E-state index in [0.717, 1.165) is 30.2 Å². The molecule has 0 atom stereocenters. The summed E-state index contributed by atoms with van der Waals surface area (Å²) in [4.78, 5) is 17.0. The molecule has 0 unspecified atom stereocenters. The second kappa shape index (κ2) is 8.40. The number of nitrogens with zero attached hydrogens (tertiary/aromatic N) is 4. The van der Waals surface area contributed by atoms with Gasteiger partial charge in [0.25, 0.3) is 5.91 Å². The Hall–Kier alpha value is -3.26. The van der Waals surface area contributed by atoms with Crippen LogP contribution in [-0.2, 0) is 0 Å². The molecule has 1 amide bonds. The maximum absolute atomic E-state index is 13.0. The molecule has 150 valence electrons. The van der Waals surface area contributed by atoms with Gasteiger partial charge < -0.3 is 19.9 Å². The van der Waals surface area contributed by atoms with Crippen LogP contribution in [0.5, 0.6) is 5.75 Å². The van der Waals surface area contributed by atoms with Gasteiger partial charge in [0.2, 0.25) is 0 Å². The number of aromatic amines is 1. The Labute approximate surface area is 173 Å². The third-order valence-corrected chi connectivity index (χ3v) is 5.09. The van der Waals surface area contributed by atoms with E-state index in [0.29, 0.717) is 23.9 Å². The molecule has 1 saturated heterocycles. The quantitative estimate of drug-likeness (QED) is 0.669. The fourth-order valence-corrected chi connectivity index (χ4v) is 3.39. The lowest BCUT2D eigenvalue weighted by Crippen LogP contribution is -2.49. The van der Waals surface area contributed by atoms with Gasteiger partial charge in [0.1, 0.15) is 5.75 Å². The molecule has 2 heterocycles. The van der Waals surface area contributed by atoms with Crippen LogP contribution < -0.4 is 15.0 Å². The van der Waals surface area contributed by atoms with Crippen LogP contribution in [0.2, 0.25) is 5.02 Å². The molecule has 0 spiro atoms. The number of anilines is 3. The monoisotopic (exact) mass is 412 g/mol. The summed E-state index contributed by atoms with van der Waals surface area (Å²) >= 11 is 5.92. The van der Waals surface area contributed by atoms with Crippen LogP contribution in [0.1, 0.15) is 10.5 Å². The number of aromatic nitrogens is 3. The van der Waals surface area contributed by atoms with Crippen LogP contribution in [0, 0.1) is 0 Å². The maximum Gasteiger partial charge on any atom is 0.278 e. The molecule has 29 heavy (non-hydrogen) atoms. The number of hydrogen-bond donors (Lipinski definition) is 2. The number of piperazine rings is 1. The van der Waals surface area contributed by atoms with E-state index in [1.807, 2.05) is 36.4 Å². The van der Waals surface area contributed by atoms with Crippen molar-refractivity contribution in [1.82, 2.24) is 20.3 Å². The normalized spacial score (nSPS) is 14.0. The Morgan fingerprint density at radius 3 is 2.59 bits per heavy atom. The van der Waals surface area contributed by atoms with Crippen LogP contribution in [0.3, 0.4) is 0 Å². The first kappa shape index (κ1) is 19.1. The van der Waals surface area contributed by atoms with Crippen LogP contribution in [0.15, 0.2) is 48.5 Å². The molecule has 1 aromatic heterocycles. The van der Waals surface area contributed by atoms with E-state index in [1.54, 1.807) is 24.1 Å². The summed E-state index contributed by atoms with van der Waals surface area (Å²) in [7, 11) is 1.66. The molecule has 1 aliphatic rings. The van der Waals surface area contributed by atoms with Crippen LogP contribution in [-0.4, -0.2) is 59.5 Å². The molecule has 1 fully saturated rings. The van der Waals surface area contributed by atoms with E-state index >= 15 is 0 Å². The highest BCUT2D eigenvalue weighted by Gasteiger charge is 2.26. The van der Waals surface area contributed by atoms with Gasteiger partial charge in [-0.1, -0.05) is 17.7 Å². The Kier molecular flexibility index (Phi) is 5.53. The first-order valence-corrected chi connectivity index (χ1v) is 9.63. The van der Waals surface area contributed by atoms with Gasteiger partial charge in [-0.3, -0.25) is 4.79 Å². The number of halogens is 1. The summed E-state index contributed by atoms with van der Waals surface area (Å²) in [6.45, 7) is 2.67. The van der Waals surface area contributed by atoms with Crippen LogP contribution in [0.25, 0.3) is 0 Å². The highest BCUT2D eigenvalue weighted by Crippen LogP contribution is 2.24. The first-order chi connectivity index (χ1) is 14.1. The number of carbonyl (C=O) groups excluding carboxylic acids is 1. The van der Waals surface area contributed by atoms with Crippen LogP contribution >= 0.6 is 11.6 Å². The second-order valence-electron chi connectivity index (χ2n) is 6.63. The zero-order valence-corrected chi connectivity index (χ0v) is 16.7. The van der Waals surface area contributed by atoms with Gasteiger partial charge >= 0.3 is 0 Å². The average molecular weight is 413 g/mol. The van der Waals surface area contributed by atoms with Crippen molar-refractivity contribution in [2.24, 2.45) is 0 Å². The smallest absolute Gasteiger partial charge is 0.278 e. The van der Waals surface area contributed by atoms with E-state index in [2.05, 4.69) is 25.6 Å². The Morgan fingerprint density at radius 2 is 1.86 bits per heavy atom. The fourth-order valence-electron chi connectivity index (χ4n) is 3.26. The van der Waals surface area contributed by atoms with Gasteiger partial charge in [-0.25, -0.2) is 0 Å². The fraction of sp³-hybridized carbons (Fsp3) is 0.250. The zero-order chi connectivity index (χ0) is 20.2. The topological polar surface area (TPSA) is 86.4 Å². The van der Waals surface area contributed by atoms with E-state index in [-0.39, 0.29) is 11.6 Å². The van der Waals surface area contributed by atoms with Crippen molar-refractivity contribution in [1.29, 1.82) is 0 Å². The SMILES string of the molecule is COc1cccc(N2CCN(C(=O)c3n[nH]nc3Nc3ccc(Cl)cc3)CC2)c1. The predicted molar refractivity (Wildman–Crippen MR) is 112 cm³/mol. The molecule has 4 rings (SSSR count). The molecule has 3 aromatic rings. The number of carbonyl (C=O) groups is 1. The Balaban J connectivity index is 1.41. The summed E-state index contributed by atoms with van der Waals surface area (Å²) < 4.78 is 5.30. The van der Waals surface area contributed by atoms with Crippen molar-refractivity contribution >= 4 is 34.7 Å². The molecule has 0 radical (unpaired) electrons. The van der Waals surface area contributed by atoms with Crippen molar-refractivity contribution in [2.75, 3.05) is 43.5 Å². The van der Waals surface area contributed by atoms with Gasteiger partial charge in [-0.15, -0.1) is 10.2 Å². The molecule has 2 aromatic carbocycles. The summed E-state index contributed by atoms with van der Waals surface area (Å²) in [6.07, 6.45) is 0. The highest BCUT2D eigenvalue weighted by atomic mass is 35.5.